The van der Waals surface area contributed by atoms with Gasteiger partial charge in [0.15, 0.2) is 0 Å². The summed E-state index contributed by atoms with van der Waals surface area (Å²) >= 11 is 0. The Morgan fingerprint density at radius 2 is 1.85 bits per heavy atom. The second kappa shape index (κ2) is 9.79. The predicted molar refractivity (Wildman–Crippen MR) is 97.8 cm³/mol. The lowest BCUT2D eigenvalue weighted by Crippen LogP contribution is -2.48. The molecule has 3 amide bonds. The van der Waals surface area contributed by atoms with Crippen LogP contribution >= 0.6 is 0 Å². The predicted octanol–water partition coefficient (Wildman–Crippen LogP) is 0.777. The molecule has 0 N–H and O–H groups in total. The average molecular weight is 361 g/mol. The van der Waals surface area contributed by atoms with Crippen molar-refractivity contribution in [3.05, 3.63) is 29.8 Å². The number of para-hydroxylation sites is 1. The number of ether oxygens (including phenoxy) is 1. The van der Waals surface area contributed by atoms with Crippen LogP contribution in [0.1, 0.15) is 18.9 Å². The Bertz CT molecular complexity index is 627. The molecule has 2 rings (SSSR count). The molecular formula is C19H27N3O4. The molecule has 7 nitrogen and oxygen atoms in total. The van der Waals surface area contributed by atoms with E-state index in [1.165, 1.54) is 6.92 Å². The largest absolute Gasteiger partial charge is 0.496 e. The van der Waals surface area contributed by atoms with Gasteiger partial charge in [-0.1, -0.05) is 18.2 Å². The first kappa shape index (κ1) is 19.8. The van der Waals surface area contributed by atoms with Crippen molar-refractivity contribution in [1.82, 2.24) is 14.7 Å². The fourth-order valence-corrected chi connectivity index (χ4v) is 3.06. The first-order chi connectivity index (χ1) is 12.5. The van der Waals surface area contributed by atoms with Crippen LogP contribution in [0.2, 0.25) is 0 Å². The highest BCUT2D eigenvalue weighted by atomic mass is 16.5. The maximum Gasteiger partial charge on any atom is 0.224 e. The second-order valence-corrected chi connectivity index (χ2v) is 6.34. The van der Waals surface area contributed by atoms with E-state index in [-0.39, 0.29) is 11.8 Å². The summed E-state index contributed by atoms with van der Waals surface area (Å²) in [5.41, 5.74) is 1.04. The molecule has 7 heteroatoms. The Labute approximate surface area is 154 Å². The molecule has 0 aliphatic carbocycles. The summed E-state index contributed by atoms with van der Waals surface area (Å²) < 4.78 is 5.34. The molecule has 1 aliphatic heterocycles. The van der Waals surface area contributed by atoms with Gasteiger partial charge in [0.25, 0.3) is 0 Å². The summed E-state index contributed by atoms with van der Waals surface area (Å²) in [5, 5.41) is 0. The Kier molecular flexibility index (Phi) is 7.44. The lowest BCUT2D eigenvalue weighted by molar-refractivity contribution is -0.136. The summed E-state index contributed by atoms with van der Waals surface area (Å²) in [4.78, 5) is 40.1. The molecule has 1 aromatic carbocycles. The van der Waals surface area contributed by atoms with E-state index in [0.29, 0.717) is 52.1 Å². The number of nitrogens with zero attached hydrogens (tertiary/aromatic N) is 3. The van der Waals surface area contributed by atoms with Gasteiger partial charge in [-0.15, -0.1) is 0 Å². The summed E-state index contributed by atoms with van der Waals surface area (Å²) in [7, 11) is 1.63. The van der Waals surface area contributed by atoms with E-state index in [4.69, 9.17) is 4.74 Å². The zero-order valence-electron chi connectivity index (χ0n) is 15.5. The second-order valence-electron chi connectivity index (χ2n) is 6.34. The van der Waals surface area contributed by atoms with E-state index in [9.17, 15) is 14.4 Å². The normalized spacial score (nSPS) is 14.1. The van der Waals surface area contributed by atoms with Crippen molar-refractivity contribution in [2.24, 2.45) is 0 Å². The highest BCUT2D eigenvalue weighted by Crippen LogP contribution is 2.18. The highest BCUT2D eigenvalue weighted by Gasteiger charge is 2.21. The maximum absolute atomic E-state index is 12.4. The molecule has 1 heterocycles. The van der Waals surface area contributed by atoms with Gasteiger partial charge in [0.2, 0.25) is 18.2 Å². The lowest BCUT2D eigenvalue weighted by atomic mass is 10.1. The van der Waals surface area contributed by atoms with Gasteiger partial charge in [0.1, 0.15) is 5.75 Å². The molecule has 0 aromatic heterocycles. The van der Waals surface area contributed by atoms with Crippen molar-refractivity contribution in [3.63, 3.8) is 0 Å². The number of carbonyl (C=O) groups is 3. The van der Waals surface area contributed by atoms with E-state index in [0.717, 1.165) is 17.7 Å². The fraction of sp³-hybridized carbons (Fsp3) is 0.526. The quantitative estimate of drug-likeness (QED) is 0.642. The Balaban J connectivity index is 1.83. The number of benzene rings is 1. The Morgan fingerprint density at radius 1 is 1.15 bits per heavy atom. The molecule has 0 bridgehead atoms. The van der Waals surface area contributed by atoms with Gasteiger partial charge in [-0.2, -0.15) is 0 Å². The van der Waals surface area contributed by atoms with E-state index < -0.39 is 0 Å². The monoisotopic (exact) mass is 361 g/mol. The number of hydrogen-bond donors (Lipinski definition) is 0. The molecule has 1 aromatic rings. The lowest BCUT2D eigenvalue weighted by Gasteiger charge is -2.33. The van der Waals surface area contributed by atoms with E-state index >= 15 is 0 Å². The van der Waals surface area contributed by atoms with Gasteiger partial charge in [-0.25, -0.2) is 0 Å². The first-order valence-electron chi connectivity index (χ1n) is 8.89. The summed E-state index contributed by atoms with van der Waals surface area (Å²) in [6.45, 7) is 4.71. The Hall–Kier alpha value is -2.57. The van der Waals surface area contributed by atoms with Crippen LogP contribution < -0.4 is 4.74 Å². The fourth-order valence-electron chi connectivity index (χ4n) is 3.06. The van der Waals surface area contributed by atoms with Crippen LogP contribution in [0.4, 0.5) is 0 Å². The molecule has 142 valence electrons. The zero-order valence-corrected chi connectivity index (χ0v) is 15.5. The van der Waals surface area contributed by atoms with Gasteiger partial charge in [0, 0.05) is 52.6 Å². The minimum atomic E-state index is -0.0431. The van der Waals surface area contributed by atoms with Crippen molar-refractivity contribution in [1.29, 1.82) is 0 Å². The summed E-state index contributed by atoms with van der Waals surface area (Å²) in [5.74, 6) is 0.790. The SMILES string of the molecule is COc1ccccc1CCN(CCC(=O)N1CCN(C=O)CC1)C(C)=O. The third-order valence-corrected chi connectivity index (χ3v) is 4.70. The Morgan fingerprint density at radius 3 is 2.46 bits per heavy atom. The van der Waals surface area contributed by atoms with Gasteiger partial charge in [-0.05, 0) is 18.1 Å². The van der Waals surface area contributed by atoms with Gasteiger partial charge in [-0.3, -0.25) is 14.4 Å². The molecule has 0 radical (unpaired) electrons. The molecule has 0 atom stereocenters. The minimum Gasteiger partial charge on any atom is -0.496 e. The number of rotatable bonds is 8. The molecule has 0 spiro atoms. The van der Waals surface area contributed by atoms with Crippen molar-refractivity contribution >= 4 is 18.2 Å². The first-order valence-corrected chi connectivity index (χ1v) is 8.89. The molecule has 26 heavy (non-hydrogen) atoms. The van der Waals surface area contributed by atoms with Crippen LogP contribution in [0.25, 0.3) is 0 Å². The molecule has 0 unspecified atom stereocenters. The van der Waals surface area contributed by atoms with E-state index in [2.05, 4.69) is 0 Å². The summed E-state index contributed by atoms with van der Waals surface area (Å²) in [6.07, 6.45) is 1.79. The van der Waals surface area contributed by atoms with Crippen LogP contribution in [0.3, 0.4) is 0 Å². The van der Waals surface area contributed by atoms with Crippen LogP contribution in [0.5, 0.6) is 5.75 Å². The molecule has 0 saturated carbocycles. The third-order valence-electron chi connectivity index (χ3n) is 4.70. The third kappa shape index (κ3) is 5.47. The van der Waals surface area contributed by atoms with Gasteiger partial charge in [0.05, 0.1) is 7.11 Å². The van der Waals surface area contributed by atoms with E-state index in [1.54, 1.807) is 21.8 Å². The number of hydrogen-bond acceptors (Lipinski definition) is 4. The molecular weight excluding hydrogens is 334 g/mol. The number of carbonyl (C=O) groups excluding carboxylic acids is 3. The smallest absolute Gasteiger partial charge is 0.224 e. The highest BCUT2D eigenvalue weighted by molar-refractivity contribution is 5.78. The standard InChI is InChI=1S/C19H27N3O4/c1-16(24)21(9-7-17-5-3-4-6-18(17)26-2)10-8-19(25)22-13-11-20(15-23)12-14-22/h3-6,15H,7-14H2,1-2H3. The zero-order chi connectivity index (χ0) is 18.9. The molecule has 1 aliphatic rings. The molecule has 1 fully saturated rings. The van der Waals surface area contributed by atoms with Crippen molar-refractivity contribution in [2.45, 2.75) is 19.8 Å². The summed E-state index contributed by atoms with van der Waals surface area (Å²) in [6, 6.07) is 7.73. The van der Waals surface area contributed by atoms with Crippen molar-refractivity contribution < 1.29 is 19.1 Å². The van der Waals surface area contributed by atoms with Crippen LogP contribution in [-0.2, 0) is 20.8 Å². The number of piperazine rings is 1. The van der Waals surface area contributed by atoms with E-state index in [1.807, 2.05) is 24.3 Å². The number of methoxy groups -OCH3 is 1. The minimum absolute atomic E-state index is 0.0269. The van der Waals surface area contributed by atoms with Gasteiger partial charge < -0.3 is 19.4 Å². The van der Waals surface area contributed by atoms with Crippen LogP contribution in [-0.4, -0.2) is 79.3 Å². The van der Waals surface area contributed by atoms with Crippen LogP contribution in [0.15, 0.2) is 24.3 Å². The van der Waals surface area contributed by atoms with Crippen molar-refractivity contribution in [3.8, 4) is 5.75 Å². The van der Waals surface area contributed by atoms with Gasteiger partial charge >= 0.3 is 0 Å². The maximum atomic E-state index is 12.4. The van der Waals surface area contributed by atoms with Crippen LogP contribution in [0, 0.1) is 0 Å². The average Bonchev–Trinajstić information content (AvgIpc) is 2.67. The number of amides is 3. The van der Waals surface area contributed by atoms with Crippen molar-refractivity contribution in [2.75, 3.05) is 46.4 Å². The molecule has 1 saturated heterocycles. The topological polar surface area (TPSA) is 70.2 Å².